The molecule has 44 heavy (non-hydrogen) atoms. The summed E-state index contributed by atoms with van der Waals surface area (Å²) in [6.45, 7) is 2.35. The molecular formula is C35H43ClN2O6. The van der Waals surface area contributed by atoms with E-state index in [1.54, 1.807) is 18.0 Å². The second kappa shape index (κ2) is 12.4. The van der Waals surface area contributed by atoms with Crippen LogP contribution in [0.1, 0.15) is 61.6 Å². The number of benzene rings is 2. The number of carboxylic acids is 1. The molecule has 2 bridgehead atoms. The molecule has 9 heteroatoms. The molecule has 8 nitrogen and oxygen atoms in total. The smallest absolute Gasteiger partial charge is 0.341 e. The van der Waals surface area contributed by atoms with Gasteiger partial charge in [0.1, 0.15) is 5.75 Å². The van der Waals surface area contributed by atoms with Crippen LogP contribution in [0, 0.1) is 11.8 Å². The van der Waals surface area contributed by atoms with Crippen LogP contribution in [-0.2, 0) is 31.8 Å². The van der Waals surface area contributed by atoms with Crippen molar-refractivity contribution in [1.29, 1.82) is 0 Å². The average molecular weight is 623 g/mol. The number of rotatable bonds is 2. The standard InChI is InChI=1S/C35H43ClN2O6/c1-37-16-5-3-4-8-30(39)27-12-9-24(27)20-38-21-34(15-6-7-23-17-26(36)11-13-28(23)34)22-44-31-14-10-25(18-29(31)38)35(43-2,33(41)42)19-32(37)40/h4,8,10-11,13-14,17-18,24,27,30,39H,3,5-7,9,12,15-16,19-22H2,1-2H3,(H,41,42)/b8-4+/t24-,27+,30-,34-,35+/m0/s1. The third-order valence-corrected chi connectivity index (χ3v) is 10.8. The molecule has 0 radical (unpaired) electrons. The summed E-state index contributed by atoms with van der Waals surface area (Å²) in [5.41, 5.74) is 1.57. The first-order chi connectivity index (χ1) is 21.2. The van der Waals surface area contributed by atoms with Crippen molar-refractivity contribution in [3.8, 4) is 5.75 Å². The highest BCUT2D eigenvalue weighted by atomic mass is 35.5. The maximum absolute atomic E-state index is 13.4. The Labute approximate surface area is 264 Å². The van der Waals surface area contributed by atoms with Crippen LogP contribution in [0.4, 0.5) is 5.69 Å². The molecule has 0 unspecified atom stereocenters. The summed E-state index contributed by atoms with van der Waals surface area (Å²) in [4.78, 5) is 30.2. The zero-order valence-corrected chi connectivity index (χ0v) is 26.4. The monoisotopic (exact) mass is 622 g/mol. The van der Waals surface area contributed by atoms with Gasteiger partial charge in [-0.15, -0.1) is 0 Å². The first-order valence-electron chi connectivity index (χ1n) is 15.8. The van der Waals surface area contributed by atoms with Crippen molar-refractivity contribution in [1.82, 2.24) is 4.90 Å². The highest BCUT2D eigenvalue weighted by molar-refractivity contribution is 6.30. The van der Waals surface area contributed by atoms with Crippen molar-refractivity contribution in [2.45, 2.75) is 68.5 Å². The lowest BCUT2D eigenvalue weighted by Gasteiger charge is -2.45. The molecule has 1 amide bonds. The summed E-state index contributed by atoms with van der Waals surface area (Å²) in [6, 6.07) is 11.6. The fraction of sp³-hybridized carbons (Fsp3) is 0.543. The Morgan fingerprint density at radius 2 is 2.00 bits per heavy atom. The van der Waals surface area contributed by atoms with Crippen LogP contribution in [0.15, 0.2) is 48.6 Å². The van der Waals surface area contributed by atoms with E-state index in [0.29, 0.717) is 44.0 Å². The van der Waals surface area contributed by atoms with Gasteiger partial charge < -0.3 is 29.5 Å². The van der Waals surface area contributed by atoms with E-state index >= 15 is 0 Å². The number of halogens is 1. The zero-order valence-electron chi connectivity index (χ0n) is 25.6. The molecular weight excluding hydrogens is 580 g/mol. The molecule has 1 fully saturated rings. The molecule has 2 N–H and O–H groups in total. The number of amides is 1. The maximum Gasteiger partial charge on any atom is 0.341 e. The number of fused-ring (bicyclic) bond motifs is 4. The van der Waals surface area contributed by atoms with Crippen LogP contribution < -0.4 is 9.64 Å². The normalized spacial score (nSPS) is 31.5. The van der Waals surface area contributed by atoms with Gasteiger partial charge in [-0.2, -0.15) is 0 Å². The molecule has 236 valence electrons. The van der Waals surface area contributed by atoms with Crippen LogP contribution in [-0.4, -0.2) is 73.5 Å². The number of hydrogen-bond donors (Lipinski definition) is 2. The van der Waals surface area contributed by atoms with Crippen LogP contribution >= 0.6 is 11.6 Å². The Morgan fingerprint density at radius 3 is 2.75 bits per heavy atom. The Bertz CT molecular complexity index is 1450. The Hall–Kier alpha value is -3.07. The fourth-order valence-electron chi connectivity index (χ4n) is 7.80. The number of allylic oxidation sites excluding steroid dienone is 1. The predicted molar refractivity (Wildman–Crippen MR) is 169 cm³/mol. The molecule has 2 aliphatic carbocycles. The van der Waals surface area contributed by atoms with E-state index in [1.165, 1.54) is 18.2 Å². The second-order valence-corrected chi connectivity index (χ2v) is 13.6. The number of anilines is 1. The lowest BCUT2D eigenvalue weighted by atomic mass is 9.68. The summed E-state index contributed by atoms with van der Waals surface area (Å²) in [7, 11) is 3.05. The molecule has 1 saturated carbocycles. The second-order valence-electron chi connectivity index (χ2n) is 13.2. The number of aliphatic hydroxyl groups is 1. The SMILES string of the molecule is CO[C@]1(C(=O)O)CC(=O)N(C)CCC/C=C/[C@H](O)[C@@H]2CC[C@H]2CN2C[C@@]3(CCCc4cc(Cl)ccc43)COc3ccc1cc32. The van der Waals surface area contributed by atoms with Crippen LogP contribution in [0.3, 0.4) is 0 Å². The number of carbonyl (C=O) groups is 2. The largest absolute Gasteiger partial charge is 0.490 e. The van der Waals surface area contributed by atoms with Crippen LogP contribution in [0.5, 0.6) is 5.75 Å². The van der Waals surface area contributed by atoms with Gasteiger partial charge in [0.05, 0.1) is 24.8 Å². The number of ether oxygens (including phenoxy) is 2. The fourth-order valence-corrected chi connectivity index (χ4v) is 7.99. The summed E-state index contributed by atoms with van der Waals surface area (Å²) in [5, 5.41) is 22.4. The van der Waals surface area contributed by atoms with Gasteiger partial charge in [-0.1, -0.05) is 35.9 Å². The molecule has 2 aromatic carbocycles. The van der Waals surface area contributed by atoms with Gasteiger partial charge in [-0.05, 0) is 97.7 Å². The van der Waals surface area contributed by atoms with Gasteiger partial charge in [-0.3, -0.25) is 4.79 Å². The number of carboxylic acid groups (broad SMARTS) is 1. The summed E-state index contributed by atoms with van der Waals surface area (Å²) in [6.07, 6.45) is 9.41. The number of hydrogen-bond acceptors (Lipinski definition) is 6. The number of methoxy groups -OCH3 is 1. The highest BCUT2D eigenvalue weighted by Crippen LogP contribution is 2.47. The summed E-state index contributed by atoms with van der Waals surface area (Å²) < 4.78 is 12.4. The van der Waals surface area contributed by atoms with Crippen molar-refractivity contribution in [2.24, 2.45) is 11.8 Å². The first-order valence-corrected chi connectivity index (χ1v) is 16.2. The van der Waals surface area contributed by atoms with Crippen molar-refractivity contribution >= 4 is 29.2 Å². The molecule has 2 heterocycles. The third kappa shape index (κ3) is 5.61. The molecule has 0 aromatic heterocycles. The van der Waals surface area contributed by atoms with E-state index in [9.17, 15) is 19.8 Å². The lowest BCUT2D eigenvalue weighted by Crippen LogP contribution is -2.49. The van der Waals surface area contributed by atoms with Gasteiger partial charge in [0, 0.05) is 44.2 Å². The van der Waals surface area contributed by atoms with E-state index in [1.807, 2.05) is 30.4 Å². The quantitative estimate of drug-likeness (QED) is 0.437. The third-order valence-electron chi connectivity index (χ3n) is 10.6. The van der Waals surface area contributed by atoms with Crippen molar-refractivity contribution in [3.63, 3.8) is 0 Å². The van der Waals surface area contributed by atoms with Gasteiger partial charge in [-0.25, -0.2) is 4.79 Å². The van der Waals surface area contributed by atoms with Gasteiger partial charge in [0.25, 0.3) is 0 Å². The highest BCUT2D eigenvalue weighted by Gasteiger charge is 2.47. The molecule has 6 rings (SSSR count). The van der Waals surface area contributed by atoms with Gasteiger partial charge in [0.2, 0.25) is 5.91 Å². The predicted octanol–water partition coefficient (Wildman–Crippen LogP) is 5.33. The molecule has 2 aliphatic heterocycles. The van der Waals surface area contributed by atoms with E-state index in [2.05, 4.69) is 17.0 Å². The summed E-state index contributed by atoms with van der Waals surface area (Å²) >= 11 is 6.42. The minimum Gasteiger partial charge on any atom is -0.490 e. The van der Waals surface area contributed by atoms with E-state index in [0.717, 1.165) is 49.2 Å². The first kappa shape index (κ1) is 30.9. The van der Waals surface area contributed by atoms with E-state index < -0.39 is 17.7 Å². The number of aliphatic hydroxyl groups excluding tert-OH is 1. The minimum absolute atomic E-state index is 0.146. The number of carbonyl (C=O) groups excluding carboxylic acids is 1. The van der Waals surface area contributed by atoms with E-state index in [-0.39, 0.29) is 29.6 Å². The Morgan fingerprint density at radius 1 is 1.16 bits per heavy atom. The van der Waals surface area contributed by atoms with Gasteiger partial charge >= 0.3 is 5.97 Å². The Kier molecular flexibility index (Phi) is 8.70. The van der Waals surface area contributed by atoms with Crippen molar-refractivity contribution in [2.75, 3.05) is 45.3 Å². The topological polar surface area (TPSA) is 99.5 Å². The van der Waals surface area contributed by atoms with Gasteiger partial charge in [0.15, 0.2) is 5.60 Å². The van der Waals surface area contributed by atoms with Crippen molar-refractivity contribution < 1.29 is 29.3 Å². The number of nitrogens with zero attached hydrogens (tertiary/aromatic N) is 2. The van der Waals surface area contributed by atoms with E-state index in [4.69, 9.17) is 21.1 Å². The number of aliphatic carboxylic acids is 1. The maximum atomic E-state index is 13.4. The van der Waals surface area contributed by atoms with Crippen molar-refractivity contribution in [3.05, 3.63) is 70.3 Å². The van der Waals surface area contributed by atoms with Crippen LogP contribution in [0.25, 0.3) is 0 Å². The Balaban J connectivity index is 1.46. The lowest BCUT2D eigenvalue weighted by molar-refractivity contribution is -0.169. The average Bonchev–Trinajstić information content (AvgIpc) is 3.14. The molecule has 4 aliphatic rings. The molecule has 5 atom stereocenters. The molecule has 1 spiro atoms. The number of aryl methyl sites for hydroxylation is 1. The summed E-state index contributed by atoms with van der Waals surface area (Å²) in [5.74, 6) is -0.419. The van der Waals surface area contributed by atoms with Crippen LogP contribution in [0.2, 0.25) is 5.02 Å². The molecule has 2 aromatic rings. The zero-order chi connectivity index (χ0) is 31.1. The molecule has 0 saturated heterocycles. The minimum atomic E-state index is -1.85.